The highest BCUT2D eigenvalue weighted by Crippen LogP contribution is 2.27. The molecule has 1 fully saturated rings. The maximum absolute atomic E-state index is 12.6. The van der Waals surface area contributed by atoms with Gasteiger partial charge in [-0.1, -0.05) is 6.07 Å². The number of nitrogens with zero attached hydrogens (tertiary/aromatic N) is 2. The lowest BCUT2D eigenvalue weighted by Gasteiger charge is -2.37. The van der Waals surface area contributed by atoms with Crippen molar-refractivity contribution in [1.29, 1.82) is 0 Å². The number of hydrogen-bond acceptors (Lipinski definition) is 6. The second-order valence-corrected chi connectivity index (χ2v) is 6.89. The second-order valence-electron chi connectivity index (χ2n) is 6.89. The minimum atomic E-state index is -0.281. The van der Waals surface area contributed by atoms with Crippen LogP contribution in [0.1, 0.15) is 23.0 Å². The highest BCUT2D eigenvalue weighted by atomic mass is 16.5. The number of nitrogens with one attached hydrogen (secondary N) is 1. The lowest BCUT2D eigenvalue weighted by atomic mass is 10.1. The summed E-state index contributed by atoms with van der Waals surface area (Å²) >= 11 is 0. The molecule has 1 aromatic heterocycles. The molecule has 156 valence electrons. The van der Waals surface area contributed by atoms with Crippen molar-refractivity contribution in [3.05, 3.63) is 47.9 Å². The van der Waals surface area contributed by atoms with Gasteiger partial charge < -0.3 is 24.1 Å². The minimum absolute atomic E-state index is 0.0504. The lowest BCUT2D eigenvalue weighted by molar-refractivity contribution is -0.126. The summed E-state index contributed by atoms with van der Waals surface area (Å²) in [6, 6.07) is 8.65. The number of ether oxygens (including phenoxy) is 2. The van der Waals surface area contributed by atoms with Crippen LogP contribution in [0.4, 0.5) is 0 Å². The molecular formula is C21H27N3O5. The van der Waals surface area contributed by atoms with Crippen LogP contribution in [-0.4, -0.2) is 68.1 Å². The summed E-state index contributed by atoms with van der Waals surface area (Å²) in [5.74, 6) is 1.47. The van der Waals surface area contributed by atoms with Crippen LogP contribution in [0.15, 0.2) is 41.0 Å². The fraction of sp³-hybridized carbons (Fsp3) is 0.429. The topological polar surface area (TPSA) is 84.3 Å². The van der Waals surface area contributed by atoms with E-state index in [1.807, 2.05) is 25.1 Å². The first-order valence-electron chi connectivity index (χ1n) is 9.59. The van der Waals surface area contributed by atoms with Crippen LogP contribution in [0.2, 0.25) is 0 Å². The van der Waals surface area contributed by atoms with Crippen LogP contribution in [0, 0.1) is 0 Å². The molecule has 1 saturated heterocycles. The van der Waals surface area contributed by atoms with Gasteiger partial charge in [-0.2, -0.15) is 0 Å². The largest absolute Gasteiger partial charge is 0.493 e. The van der Waals surface area contributed by atoms with E-state index in [4.69, 9.17) is 13.9 Å². The third-order valence-corrected chi connectivity index (χ3v) is 5.18. The Morgan fingerprint density at radius 3 is 2.45 bits per heavy atom. The molecule has 1 aliphatic rings. The summed E-state index contributed by atoms with van der Waals surface area (Å²) in [6.45, 7) is 4.68. The van der Waals surface area contributed by atoms with Crippen LogP contribution in [-0.2, 0) is 11.3 Å². The van der Waals surface area contributed by atoms with Gasteiger partial charge in [-0.15, -0.1) is 0 Å². The van der Waals surface area contributed by atoms with Gasteiger partial charge in [-0.05, 0) is 36.8 Å². The van der Waals surface area contributed by atoms with Crippen molar-refractivity contribution in [3.63, 3.8) is 0 Å². The lowest BCUT2D eigenvalue weighted by Crippen LogP contribution is -2.54. The molecule has 8 heteroatoms. The molecule has 0 aliphatic carbocycles. The van der Waals surface area contributed by atoms with Crippen LogP contribution in [0.3, 0.4) is 0 Å². The summed E-state index contributed by atoms with van der Waals surface area (Å²) in [5.41, 5.74) is 0.928. The summed E-state index contributed by atoms with van der Waals surface area (Å²) in [6.07, 6.45) is 1.49. The van der Waals surface area contributed by atoms with Gasteiger partial charge in [0.15, 0.2) is 17.3 Å². The Labute approximate surface area is 170 Å². The van der Waals surface area contributed by atoms with E-state index in [1.54, 1.807) is 31.3 Å². The molecule has 1 aromatic carbocycles. The first-order chi connectivity index (χ1) is 14.0. The summed E-state index contributed by atoms with van der Waals surface area (Å²) in [4.78, 5) is 28.8. The fourth-order valence-electron chi connectivity index (χ4n) is 3.36. The van der Waals surface area contributed by atoms with Crippen LogP contribution >= 0.6 is 0 Å². The average Bonchev–Trinajstić information content (AvgIpc) is 3.31. The van der Waals surface area contributed by atoms with Crippen molar-refractivity contribution < 1.29 is 23.5 Å². The van der Waals surface area contributed by atoms with E-state index in [-0.39, 0.29) is 17.9 Å². The number of piperazine rings is 1. The van der Waals surface area contributed by atoms with E-state index < -0.39 is 0 Å². The normalized spacial score (nSPS) is 15.6. The number of rotatable bonds is 7. The molecule has 2 amide bonds. The van der Waals surface area contributed by atoms with Gasteiger partial charge in [0.1, 0.15) is 0 Å². The fourth-order valence-corrected chi connectivity index (χ4v) is 3.36. The van der Waals surface area contributed by atoms with Gasteiger partial charge >= 0.3 is 0 Å². The van der Waals surface area contributed by atoms with Crippen molar-refractivity contribution >= 4 is 11.8 Å². The summed E-state index contributed by atoms with van der Waals surface area (Å²) < 4.78 is 15.7. The predicted octanol–water partition coefficient (Wildman–Crippen LogP) is 1.76. The number of benzene rings is 1. The number of methoxy groups -OCH3 is 2. The SMILES string of the molecule is COc1ccc(CNC(=O)[C@@H](C)N2CCN(C(=O)c3ccco3)CC2)cc1OC. The smallest absolute Gasteiger partial charge is 0.289 e. The van der Waals surface area contributed by atoms with Crippen molar-refractivity contribution in [1.82, 2.24) is 15.1 Å². The summed E-state index contributed by atoms with van der Waals surface area (Å²) in [7, 11) is 3.17. The molecule has 0 spiro atoms. The molecule has 1 atom stereocenters. The highest BCUT2D eigenvalue weighted by Gasteiger charge is 2.28. The molecule has 8 nitrogen and oxygen atoms in total. The van der Waals surface area contributed by atoms with Crippen LogP contribution in [0.5, 0.6) is 11.5 Å². The van der Waals surface area contributed by atoms with Crippen molar-refractivity contribution in [2.24, 2.45) is 0 Å². The standard InChI is InChI=1S/C21H27N3O5/c1-15(20(25)22-14-16-6-7-17(27-2)19(13-16)28-3)23-8-10-24(11-9-23)21(26)18-5-4-12-29-18/h4-7,12-13,15H,8-11,14H2,1-3H3,(H,22,25)/t15-/m1/s1. The molecule has 0 saturated carbocycles. The number of carbonyl (C=O) groups excluding carboxylic acids is 2. The Bertz CT molecular complexity index is 829. The van der Waals surface area contributed by atoms with Crippen molar-refractivity contribution in [3.8, 4) is 11.5 Å². The number of carbonyl (C=O) groups is 2. The molecule has 0 unspecified atom stereocenters. The third-order valence-electron chi connectivity index (χ3n) is 5.18. The average molecular weight is 401 g/mol. The molecule has 2 aromatic rings. The van der Waals surface area contributed by atoms with Gasteiger partial charge in [-0.3, -0.25) is 14.5 Å². The molecule has 1 aliphatic heterocycles. The summed E-state index contributed by atoms with van der Waals surface area (Å²) in [5, 5.41) is 2.97. The molecular weight excluding hydrogens is 374 g/mol. The molecule has 3 rings (SSSR count). The Morgan fingerprint density at radius 1 is 1.10 bits per heavy atom. The predicted molar refractivity (Wildman–Crippen MR) is 107 cm³/mol. The van der Waals surface area contributed by atoms with E-state index in [9.17, 15) is 9.59 Å². The van der Waals surface area contributed by atoms with E-state index in [0.29, 0.717) is 50.0 Å². The van der Waals surface area contributed by atoms with Gasteiger partial charge in [0, 0.05) is 32.7 Å². The van der Waals surface area contributed by atoms with E-state index in [2.05, 4.69) is 10.2 Å². The van der Waals surface area contributed by atoms with Crippen LogP contribution < -0.4 is 14.8 Å². The molecule has 2 heterocycles. The van der Waals surface area contributed by atoms with Crippen LogP contribution in [0.25, 0.3) is 0 Å². The zero-order valence-corrected chi connectivity index (χ0v) is 17.0. The first kappa shape index (κ1) is 20.7. The Morgan fingerprint density at radius 2 is 1.83 bits per heavy atom. The number of amides is 2. The molecule has 29 heavy (non-hydrogen) atoms. The zero-order valence-electron chi connectivity index (χ0n) is 17.0. The van der Waals surface area contributed by atoms with E-state index >= 15 is 0 Å². The van der Waals surface area contributed by atoms with Gasteiger partial charge in [0.2, 0.25) is 5.91 Å². The number of furan rings is 1. The Hall–Kier alpha value is -3.00. The molecule has 0 radical (unpaired) electrons. The maximum atomic E-state index is 12.6. The van der Waals surface area contributed by atoms with E-state index in [0.717, 1.165) is 5.56 Å². The first-order valence-corrected chi connectivity index (χ1v) is 9.59. The minimum Gasteiger partial charge on any atom is -0.493 e. The number of hydrogen-bond donors (Lipinski definition) is 1. The van der Waals surface area contributed by atoms with E-state index in [1.165, 1.54) is 6.26 Å². The molecule has 0 bridgehead atoms. The van der Waals surface area contributed by atoms with Gasteiger partial charge in [0.25, 0.3) is 5.91 Å². The monoisotopic (exact) mass is 401 g/mol. The quantitative estimate of drug-likeness (QED) is 0.761. The van der Waals surface area contributed by atoms with Crippen molar-refractivity contribution in [2.75, 3.05) is 40.4 Å². The Kier molecular flexibility index (Phi) is 6.77. The molecule has 1 N–H and O–H groups in total. The highest BCUT2D eigenvalue weighted by molar-refractivity contribution is 5.91. The Balaban J connectivity index is 1.49. The zero-order chi connectivity index (χ0) is 20.8. The maximum Gasteiger partial charge on any atom is 0.289 e. The second kappa shape index (κ2) is 9.47. The third kappa shape index (κ3) is 4.89. The van der Waals surface area contributed by atoms with Gasteiger partial charge in [-0.25, -0.2) is 0 Å². The van der Waals surface area contributed by atoms with Gasteiger partial charge in [0.05, 0.1) is 26.5 Å². The van der Waals surface area contributed by atoms with Crippen molar-refractivity contribution in [2.45, 2.75) is 19.5 Å².